The topological polar surface area (TPSA) is 21.3 Å². The second-order valence-electron chi connectivity index (χ2n) is 3.64. The lowest BCUT2D eigenvalue weighted by Gasteiger charge is -2.08. The molecule has 1 fully saturated rings. The first-order chi connectivity index (χ1) is 5.79. The molecule has 0 aromatic carbocycles. The number of rotatable bonds is 5. The molecule has 1 atom stereocenters. The molecular formula is C10H19NO. The standard InChI is InChI=1S/C10H19NO/c1-9(2)4-6-12-8-10-3-5-11-7-10/h10-11H,1,3-8H2,2H3. The molecule has 1 saturated heterocycles. The smallest absolute Gasteiger partial charge is 0.0507 e. The summed E-state index contributed by atoms with van der Waals surface area (Å²) in [6.07, 6.45) is 2.27. The molecule has 12 heavy (non-hydrogen) atoms. The summed E-state index contributed by atoms with van der Waals surface area (Å²) in [5.41, 5.74) is 1.21. The molecule has 0 spiro atoms. The lowest BCUT2D eigenvalue weighted by atomic mass is 10.1. The van der Waals surface area contributed by atoms with Gasteiger partial charge in [0.2, 0.25) is 0 Å². The van der Waals surface area contributed by atoms with Gasteiger partial charge in [0.15, 0.2) is 0 Å². The Morgan fingerprint density at radius 3 is 3.08 bits per heavy atom. The van der Waals surface area contributed by atoms with Crippen LogP contribution in [-0.4, -0.2) is 26.3 Å². The quantitative estimate of drug-likeness (QED) is 0.498. The highest BCUT2D eigenvalue weighted by Crippen LogP contribution is 2.07. The average Bonchev–Trinajstić information content (AvgIpc) is 2.49. The van der Waals surface area contributed by atoms with E-state index in [2.05, 4.69) is 11.9 Å². The molecule has 0 amide bonds. The Labute approximate surface area is 75.0 Å². The van der Waals surface area contributed by atoms with Crippen LogP contribution >= 0.6 is 0 Å². The first-order valence-electron chi connectivity index (χ1n) is 4.72. The van der Waals surface area contributed by atoms with E-state index in [0.717, 1.165) is 38.6 Å². The fraction of sp³-hybridized carbons (Fsp3) is 0.800. The third-order valence-corrected chi connectivity index (χ3v) is 2.19. The van der Waals surface area contributed by atoms with Crippen LogP contribution in [0.2, 0.25) is 0 Å². The maximum Gasteiger partial charge on any atom is 0.0507 e. The fourth-order valence-corrected chi connectivity index (χ4v) is 1.35. The minimum absolute atomic E-state index is 0.745. The second-order valence-corrected chi connectivity index (χ2v) is 3.64. The Kier molecular flexibility index (Phi) is 4.33. The summed E-state index contributed by atoms with van der Waals surface area (Å²) in [6.45, 7) is 9.92. The summed E-state index contributed by atoms with van der Waals surface area (Å²) in [6, 6.07) is 0. The van der Waals surface area contributed by atoms with Gasteiger partial charge in [-0.15, -0.1) is 6.58 Å². The molecule has 1 rings (SSSR count). The molecule has 2 nitrogen and oxygen atoms in total. The van der Waals surface area contributed by atoms with Crippen LogP contribution in [0.3, 0.4) is 0 Å². The summed E-state index contributed by atoms with van der Waals surface area (Å²) in [7, 11) is 0. The second kappa shape index (κ2) is 5.33. The first-order valence-corrected chi connectivity index (χ1v) is 4.72. The predicted octanol–water partition coefficient (Wildman–Crippen LogP) is 1.58. The zero-order chi connectivity index (χ0) is 8.81. The van der Waals surface area contributed by atoms with E-state index in [4.69, 9.17) is 4.74 Å². The SMILES string of the molecule is C=C(C)CCOCC1CCNC1. The highest BCUT2D eigenvalue weighted by Gasteiger charge is 2.13. The molecule has 0 aromatic heterocycles. The van der Waals surface area contributed by atoms with Crippen LogP contribution in [0.1, 0.15) is 19.8 Å². The third kappa shape index (κ3) is 3.88. The average molecular weight is 169 g/mol. The zero-order valence-electron chi connectivity index (χ0n) is 7.94. The van der Waals surface area contributed by atoms with Gasteiger partial charge in [-0.3, -0.25) is 0 Å². The van der Waals surface area contributed by atoms with Crippen LogP contribution in [0.4, 0.5) is 0 Å². The zero-order valence-corrected chi connectivity index (χ0v) is 7.94. The van der Waals surface area contributed by atoms with Crippen molar-refractivity contribution in [2.45, 2.75) is 19.8 Å². The van der Waals surface area contributed by atoms with E-state index in [1.807, 2.05) is 6.92 Å². The molecule has 0 aliphatic carbocycles. The van der Waals surface area contributed by atoms with E-state index in [-0.39, 0.29) is 0 Å². The Hall–Kier alpha value is -0.340. The van der Waals surface area contributed by atoms with Crippen LogP contribution < -0.4 is 5.32 Å². The number of ether oxygens (including phenoxy) is 1. The summed E-state index contributed by atoms with van der Waals surface area (Å²) in [5, 5.41) is 3.32. The van der Waals surface area contributed by atoms with E-state index in [0.29, 0.717) is 0 Å². The molecule has 1 aliphatic heterocycles. The molecule has 0 saturated carbocycles. The van der Waals surface area contributed by atoms with Gasteiger partial charge in [0.25, 0.3) is 0 Å². The Balaban J connectivity index is 1.91. The van der Waals surface area contributed by atoms with Gasteiger partial charge in [-0.1, -0.05) is 5.57 Å². The molecule has 1 aliphatic rings. The maximum atomic E-state index is 5.53. The van der Waals surface area contributed by atoms with Crippen LogP contribution in [0, 0.1) is 5.92 Å². The van der Waals surface area contributed by atoms with Crippen molar-refractivity contribution in [3.8, 4) is 0 Å². The molecule has 2 heteroatoms. The van der Waals surface area contributed by atoms with E-state index >= 15 is 0 Å². The summed E-state index contributed by atoms with van der Waals surface area (Å²) >= 11 is 0. The molecule has 1 unspecified atom stereocenters. The number of hydrogen-bond acceptors (Lipinski definition) is 2. The lowest BCUT2D eigenvalue weighted by Crippen LogP contribution is -2.14. The van der Waals surface area contributed by atoms with Crippen LogP contribution in [0.25, 0.3) is 0 Å². The number of nitrogens with one attached hydrogen (secondary N) is 1. The monoisotopic (exact) mass is 169 g/mol. The fourth-order valence-electron chi connectivity index (χ4n) is 1.35. The number of hydrogen-bond donors (Lipinski definition) is 1. The first kappa shape index (κ1) is 9.75. The van der Waals surface area contributed by atoms with Gasteiger partial charge in [-0.25, -0.2) is 0 Å². The lowest BCUT2D eigenvalue weighted by molar-refractivity contribution is 0.108. The van der Waals surface area contributed by atoms with Crippen molar-refractivity contribution in [2.24, 2.45) is 5.92 Å². The Morgan fingerprint density at radius 1 is 1.67 bits per heavy atom. The maximum absolute atomic E-state index is 5.53. The van der Waals surface area contributed by atoms with Gasteiger partial charge in [0.05, 0.1) is 13.2 Å². The molecule has 1 heterocycles. The molecule has 70 valence electrons. The van der Waals surface area contributed by atoms with E-state index in [1.54, 1.807) is 0 Å². The Morgan fingerprint density at radius 2 is 2.50 bits per heavy atom. The van der Waals surface area contributed by atoms with Crippen molar-refractivity contribution in [1.29, 1.82) is 0 Å². The summed E-state index contributed by atoms with van der Waals surface area (Å²) in [4.78, 5) is 0. The molecule has 0 bridgehead atoms. The molecule has 0 aromatic rings. The van der Waals surface area contributed by atoms with E-state index < -0.39 is 0 Å². The summed E-state index contributed by atoms with van der Waals surface area (Å²) < 4.78 is 5.53. The largest absolute Gasteiger partial charge is 0.381 e. The summed E-state index contributed by atoms with van der Waals surface area (Å²) in [5.74, 6) is 0.745. The predicted molar refractivity (Wildman–Crippen MR) is 51.2 cm³/mol. The van der Waals surface area contributed by atoms with Gasteiger partial charge in [0.1, 0.15) is 0 Å². The van der Waals surface area contributed by atoms with E-state index in [1.165, 1.54) is 12.0 Å². The van der Waals surface area contributed by atoms with Gasteiger partial charge in [-0.05, 0) is 32.2 Å². The third-order valence-electron chi connectivity index (χ3n) is 2.19. The van der Waals surface area contributed by atoms with Crippen LogP contribution in [-0.2, 0) is 4.74 Å². The minimum atomic E-state index is 0.745. The van der Waals surface area contributed by atoms with Crippen molar-refractivity contribution in [2.75, 3.05) is 26.3 Å². The Bertz CT molecular complexity index is 139. The molecular weight excluding hydrogens is 150 g/mol. The van der Waals surface area contributed by atoms with Gasteiger partial charge < -0.3 is 10.1 Å². The normalized spacial score (nSPS) is 22.9. The van der Waals surface area contributed by atoms with Crippen molar-refractivity contribution in [3.05, 3.63) is 12.2 Å². The van der Waals surface area contributed by atoms with E-state index in [9.17, 15) is 0 Å². The molecule has 1 N–H and O–H groups in total. The van der Waals surface area contributed by atoms with Gasteiger partial charge >= 0.3 is 0 Å². The van der Waals surface area contributed by atoms with Crippen molar-refractivity contribution < 1.29 is 4.74 Å². The van der Waals surface area contributed by atoms with Crippen LogP contribution in [0.5, 0.6) is 0 Å². The van der Waals surface area contributed by atoms with Crippen LogP contribution in [0.15, 0.2) is 12.2 Å². The van der Waals surface area contributed by atoms with Crippen molar-refractivity contribution in [3.63, 3.8) is 0 Å². The highest BCUT2D eigenvalue weighted by molar-refractivity contribution is 4.87. The molecule has 0 radical (unpaired) electrons. The van der Waals surface area contributed by atoms with Gasteiger partial charge in [0, 0.05) is 6.54 Å². The van der Waals surface area contributed by atoms with Crippen molar-refractivity contribution in [1.82, 2.24) is 5.32 Å². The minimum Gasteiger partial charge on any atom is -0.381 e. The highest BCUT2D eigenvalue weighted by atomic mass is 16.5. The van der Waals surface area contributed by atoms with Gasteiger partial charge in [-0.2, -0.15) is 0 Å². The van der Waals surface area contributed by atoms with Crippen molar-refractivity contribution >= 4 is 0 Å².